The molecule has 5 heteroatoms. The summed E-state index contributed by atoms with van der Waals surface area (Å²) in [4.78, 5) is 0. The van der Waals surface area contributed by atoms with Gasteiger partial charge in [0.15, 0.2) is 11.5 Å². The first kappa shape index (κ1) is 10.0. The molecule has 0 aliphatic heterocycles. The molecule has 0 aliphatic carbocycles. The summed E-state index contributed by atoms with van der Waals surface area (Å²) in [5.74, 6) is 0.863. The Hall–Kier alpha value is -1.49. The molecule has 1 N–H and O–H groups in total. The number of aromatic nitrogens is 4. The molecule has 0 radical (unpaired) electrons. The second-order valence-corrected chi connectivity index (χ2v) is 3.54. The summed E-state index contributed by atoms with van der Waals surface area (Å²) in [6.45, 7) is 5.80. The molecule has 0 spiro atoms. The van der Waals surface area contributed by atoms with E-state index in [2.05, 4.69) is 27.5 Å². The lowest BCUT2D eigenvalue weighted by Crippen LogP contribution is -2.16. The minimum Gasteiger partial charge on any atom is -0.310 e. The normalized spacial score (nSPS) is 11.1. The van der Waals surface area contributed by atoms with Crippen molar-refractivity contribution in [3.63, 3.8) is 0 Å². The van der Waals surface area contributed by atoms with Gasteiger partial charge < -0.3 is 5.32 Å². The number of fused-ring (bicyclic) bond motifs is 1. The zero-order chi connectivity index (χ0) is 10.7. The molecule has 0 fully saturated rings. The van der Waals surface area contributed by atoms with Gasteiger partial charge in [0.25, 0.3) is 0 Å². The van der Waals surface area contributed by atoms with Crippen LogP contribution in [0.3, 0.4) is 0 Å². The molecular weight excluding hydrogens is 190 g/mol. The summed E-state index contributed by atoms with van der Waals surface area (Å²) < 4.78 is 1.79. The van der Waals surface area contributed by atoms with Crippen LogP contribution in [0.15, 0.2) is 12.1 Å². The lowest BCUT2D eigenvalue weighted by Gasteiger charge is -2.01. The van der Waals surface area contributed by atoms with Crippen LogP contribution >= 0.6 is 0 Å². The number of aryl methyl sites for hydroxylation is 1. The van der Waals surface area contributed by atoms with Crippen LogP contribution < -0.4 is 5.32 Å². The minimum atomic E-state index is 0.714. The SMILES string of the molecule is CCCNCc1nnc2ccc(C)nn12. The van der Waals surface area contributed by atoms with E-state index in [0.29, 0.717) is 6.54 Å². The summed E-state index contributed by atoms with van der Waals surface area (Å²) in [6, 6.07) is 3.87. The molecule has 0 bridgehead atoms. The Kier molecular flexibility index (Phi) is 2.91. The van der Waals surface area contributed by atoms with E-state index in [1.807, 2.05) is 19.1 Å². The van der Waals surface area contributed by atoms with E-state index < -0.39 is 0 Å². The molecule has 2 rings (SSSR count). The molecule has 0 saturated heterocycles. The van der Waals surface area contributed by atoms with E-state index in [4.69, 9.17) is 0 Å². The third kappa shape index (κ3) is 2.12. The largest absolute Gasteiger partial charge is 0.310 e. The van der Waals surface area contributed by atoms with E-state index in [1.54, 1.807) is 4.52 Å². The van der Waals surface area contributed by atoms with Gasteiger partial charge in [0.1, 0.15) is 0 Å². The molecule has 2 aromatic rings. The van der Waals surface area contributed by atoms with Crippen LogP contribution in [0.2, 0.25) is 0 Å². The van der Waals surface area contributed by atoms with Crippen LogP contribution in [-0.4, -0.2) is 26.4 Å². The quantitative estimate of drug-likeness (QED) is 0.754. The Morgan fingerprint density at radius 3 is 3.00 bits per heavy atom. The second kappa shape index (κ2) is 4.35. The molecule has 2 aromatic heterocycles. The number of hydrogen-bond donors (Lipinski definition) is 1. The Labute approximate surface area is 88.5 Å². The molecule has 2 heterocycles. The minimum absolute atomic E-state index is 0.714. The summed E-state index contributed by atoms with van der Waals surface area (Å²) in [7, 11) is 0. The average molecular weight is 205 g/mol. The van der Waals surface area contributed by atoms with E-state index in [0.717, 1.165) is 30.1 Å². The molecule has 80 valence electrons. The Morgan fingerprint density at radius 2 is 2.20 bits per heavy atom. The van der Waals surface area contributed by atoms with Gasteiger partial charge in [-0.1, -0.05) is 6.92 Å². The fourth-order valence-corrected chi connectivity index (χ4v) is 1.41. The van der Waals surface area contributed by atoms with Crippen LogP contribution in [-0.2, 0) is 6.54 Å². The van der Waals surface area contributed by atoms with Gasteiger partial charge in [-0.05, 0) is 32.0 Å². The first-order valence-corrected chi connectivity index (χ1v) is 5.20. The fraction of sp³-hybridized carbons (Fsp3) is 0.500. The van der Waals surface area contributed by atoms with Crippen LogP contribution in [0.5, 0.6) is 0 Å². The first-order valence-electron chi connectivity index (χ1n) is 5.20. The van der Waals surface area contributed by atoms with Crippen molar-refractivity contribution in [3.8, 4) is 0 Å². The average Bonchev–Trinajstić information content (AvgIpc) is 2.62. The maximum atomic E-state index is 4.37. The Balaban J connectivity index is 2.23. The highest BCUT2D eigenvalue weighted by atomic mass is 15.4. The molecule has 0 aromatic carbocycles. The smallest absolute Gasteiger partial charge is 0.177 e. The molecule has 0 amide bonds. The van der Waals surface area contributed by atoms with Crippen molar-refractivity contribution >= 4 is 5.65 Å². The number of hydrogen-bond acceptors (Lipinski definition) is 4. The van der Waals surface area contributed by atoms with Crippen molar-refractivity contribution in [2.75, 3.05) is 6.54 Å². The van der Waals surface area contributed by atoms with Crippen LogP contribution in [0.1, 0.15) is 24.9 Å². The summed E-state index contributed by atoms with van der Waals surface area (Å²) in [5.41, 5.74) is 1.77. The monoisotopic (exact) mass is 205 g/mol. The van der Waals surface area contributed by atoms with Crippen molar-refractivity contribution in [3.05, 3.63) is 23.7 Å². The Morgan fingerprint density at radius 1 is 1.33 bits per heavy atom. The van der Waals surface area contributed by atoms with Crippen molar-refractivity contribution in [2.45, 2.75) is 26.8 Å². The topological polar surface area (TPSA) is 55.1 Å². The zero-order valence-electron chi connectivity index (χ0n) is 9.06. The maximum absolute atomic E-state index is 4.37. The molecular formula is C10H15N5. The van der Waals surface area contributed by atoms with Crippen LogP contribution in [0, 0.1) is 6.92 Å². The standard InChI is InChI=1S/C10H15N5/c1-3-6-11-7-10-13-12-9-5-4-8(2)14-15(9)10/h4-5,11H,3,6-7H2,1-2H3. The van der Waals surface area contributed by atoms with E-state index >= 15 is 0 Å². The van der Waals surface area contributed by atoms with E-state index in [-0.39, 0.29) is 0 Å². The van der Waals surface area contributed by atoms with Gasteiger partial charge >= 0.3 is 0 Å². The van der Waals surface area contributed by atoms with Crippen molar-refractivity contribution in [1.29, 1.82) is 0 Å². The third-order valence-electron chi connectivity index (χ3n) is 2.17. The number of rotatable bonds is 4. The number of nitrogens with zero attached hydrogens (tertiary/aromatic N) is 4. The predicted octanol–water partition coefficient (Wildman–Crippen LogP) is 0.932. The van der Waals surface area contributed by atoms with Gasteiger partial charge in [-0.25, -0.2) is 0 Å². The van der Waals surface area contributed by atoms with Gasteiger partial charge in [0.05, 0.1) is 12.2 Å². The second-order valence-electron chi connectivity index (χ2n) is 3.54. The summed E-state index contributed by atoms with van der Waals surface area (Å²) in [5, 5.41) is 15.8. The molecule has 0 saturated carbocycles. The first-order chi connectivity index (χ1) is 7.31. The molecule has 5 nitrogen and oxygen atoms in total. The molecule has 0 aliphatic rings. The summed E-state index contributed by atoms with van der Waals surface area (Å²) >= 11 is 0. The highest BCUT2D eigenvalue weighted by Gasteiger charge is 2.05. The highest BCUT2D eigenvalue weighted by Crippen LogP contribution is 2.02. The van der Waals surface area contributed by atoms with Crippen LogP contribution in [0.4, 0.5) is 0 Å². The predicted molar refractivity (Wildman–Crippen MR) is 57.5 cm³/mol. The van der Waals surface area contributed by atoms with Gasteiger partial charge in [-0.3, -0.25) is 0 Å². The molecule has 15 heavy (non-hydrogen) atoms. The third-order valence-corrected chi connectivity index (χ3v) is 2.17. The fourth-order valence-electron chi connectivity index (χ4n) is 1.41. The van der Waals surface area contributed by atoms with Gasteiger partial charge in [-0.2, -0.15) is 9.61 Å². The van der Waals surface area contributed by atoms with E-state index in [1.165, 1.54) is 0 Å². The number of nitrogens with one attached hydrogen (secondary N) is 1. The molecule has 0 atom stereocenters. The zero-order valence-corrected chi connectivity index (χ0v) is 9.06. The lowest BCUT2D eigenvalue weighted by molar-refractivity contribution is 0.632. The van der Waals surface area contributed by atoms with Crippen molar-refractivity contribution < 1.29 is 0 Å². The van der Waals surface area contributed by atoms with Gasteiger partial charge in [0, 0.05) is 0 Å². The van der Waals surface area contributed by atoms with Crippen molar-refractivity contribution in [1.82, 2.24) is 25.1 Å². The van der Waals surface area contributed by atoms with Crippen LogP contribution in [0.25, 0.3) is 5.65 Å². The van der Waals surface area contributed by atoms with Gasteiger partial charge in [-0.15, -0.1) is 10.2 Å². The maximum Gasteiger partial charge on any atom is 0.177 e. The van der Waals surface area contributed by atoms with Gasteiger partial charge in [0.2, 0.25) is 0 Å². The highest BCUT2D eigenvalue weighted by molar-refractivity contribution is 5.35. The summed E-state index contributed by atoms with van der Waals surface area (Å²) in [6.07, 6.45) is 1.11. The Bertz CT molecular complexity index is 448. The molecule has 0 unspecified atom stereocenters. The lowest BCUT2D eigenvalue weighted by atomic mass is 10.4. The van der Waals surface area contributed by atoms with E-state index in [9.17, 15) is 0 Å². The van der Waals surface area contributed by atoms with Crippen molar-refractivity contribution in [2.24, 2.45) is 0 Å².